The number of aryl methyl sites for hydroxylation is 1. The predicted molar refractivity (Wildman–Crippen MR) is 72.3 cm³/mol. The van der Waals surface area contributed by atoms with Crippen molar-refractivity contribution in [3.8, 4) is 0 Å². The van der Waals surface area contributed by atoms with Crippen LogP contribution >= 0.6 is 0 Å². The van der Waals surface area contributed by atoms with Crippen molar-refractivity contribution in [2.24, 2.45) is 17.8 Å². The summed E-state index contributed by atoms with van der Waals surface area (Å²) in [7, 11) is 0. The minimum absolute atomic E-state index is 0.270. The number of H-pyrrole nitrogens is 1. The molecule has 4 bridgehead atoms. The highest BCUT2D eigenvalue weighted by Crippen LogP contribution is 2.60. The molecule has 2 N–H and O–H groups in total. The van der Waals surface area contributed by atoms with Crippen LogP contribution in [0.2, 0.25) is 0 Å². The topological polar surface area (TPSA) is 53.1 Å². The first-order valence-electron chi connectivity index (χ1n) is 7.49. The third kappa shape index (κ3) is 1.60. The fraction of sp³-hybridized carbons (Fsp3) is 0.688. The molecule has 0 atom stereocenters. The maximum absolute atomic E-state index is 11.2. The summed E-state index contributed by atoms with van der Waals surface area (Å²) in [5.41, 5.74) is 3.03. The second kappa shape index (κ2) is 3.65. The molecule has 0 unspecified atom stereocenters. The van der Waals surface area contributed by atoms with E-state index in [1.165, 1.54) is 44.2 Å². The molecule has 4 fully saturated rings. The number of hydrogen-bond acceptors (Lipinski definition) is 1. The molecule has 0 aromatic carbocycles. The van der Waals surface area contributed by atoms with Crippen LogP contribution in [0, 0.1) is 24.7 Å². The Morgan fingerprint density at radius 1 is 1.21 bits per heavy atom. The summed E-state index contributed by atoms with van der Waals surface area (Å²) in [5, 5.41) is 9.17. The molecule has 19 heavy (non-hydrogen) atoms. The van der Waals surface area contributed by atoms with E-state index in [0.717, 1.165) is 23.3 Å². The lowest BCUT2D eigenvalue weighted by atomic mass is 9.48. The van der Waals surface area contributed by atoms with E-state index in [4.69, 9.17) is 0 Å². The Balaban J connectivity index is 1.77. The van der Waals surface area contributed by atoms with Crippen molar-refractivity contribution < 1.29 is 9.90 Å². The van der Waals surface area contributed by atoms with Gasteiger partial charge < -0.3 is 10.1 Å². The molecule has 1 heterocycles. The first-order chi connectivity index (χ1) is 9.06. The highest BCUT2D eigenvalue weighted by atomic mass is 16.4. The maximum Gasteiger partial charge on any atom is 0.352 e. The summed E-state index contributed by atoms with van der Waals surface area (Å²) in [6.45, 7) is 2.07. The molecule has 0 radical (unpaired) electrons. The molecule has 102 valence electrons. The molecule has 0 amide bonds. The van der Waals surface area contributed by atoms with Crippen molar-refractivity contribution in [3.05, 3.63) is 23.0 Å². The molecule has 0 aliphatic heterocycles. The number of hydrogen-bond donors (Lipinski definition) is 2. The van der Waals surface area contributed by atoms with E-state index >= 15 is 0 Å². The Morgan fingerprint density at radius 2 is 1.74 bits per heavy atom. The smallest absolute Gasteiger partial charge is 0.352 e. The zero-order valence-corrected chi connectivity index (χ0v) is 11.4. The van der Waals surface area contributed by atoms with Crippen LogP contribution in [0.3, 0.4) is 0 Å². The summed E-state index contributed by atoms with van der Waals surface area (Å²) in [6.07, 6.45) is 8.10. The molecule has 5 rings (SSSR count). The lowest BCUT2D eigenvalue weighted by Crippen LogP contribution is -2.49. The molecule has 0 spiro atoms. The van der Waals surface area contributed by atoms with Crippen LogP contribution in [0.5, 0.6) is 0 Å². The van der Waals surface area contributed by atoms with Crippen molar-refractivity contribution in [2.45, 2.75) is 50.9 Å². The van der Waals surface area contributed by atoms with Crippen LogP contribution in [0.4, 0.5) is 0 Å². The zero-order valence-electron chi connectivity index (χ0n) is 11.4. The minimum atomic E-state index is -0.834. The number of aromatic carboxylic acids is 1. The van der Waals surface area contributed by atoms with E-state index in [1.807, 2.05) is 6.07 Å². The third-order valence-corrected chi connectivity index (χ3v) is 5.81. The van der Waals surface area contributed by atoms with Crippen LogP contribution in [0.1, 0.15) is 60.3 Å². The number of carboxylic acids is 1. The van der Waals surface area contributed by atoms with E-state index < -0.39 is 5.97 Å². The molecule has 4 aliphatic carbocycles. The van der Waals surface area contributed by atoms with Crippen LogP contribution in [-0.2, 0) is 5.41 Å². The first kappa shape index (κ1) is 11.6. The van der Waals surface area contributed by atoms with Crippen LogP contribution in [-0.4, -0.2) is 16.1 Å². The van der Waals surface area contributed by atoms with Gasteiger partial charge in [0.05, 0.1) is 0 Å². The standard InChI is InChI=1S/C16H21NO2/c1-9-2-13(15(18)19)17-14(9)16-6-10-3-11(7-16)5-12(4-10)8-16/h2,10-12,17H,3-8H2,1H3,(H,18,19). The Morgan fingerprint density at radius 3 is 2.16 bits per heavy atom. The molecular weight excluding hydrogens is 238 g/mol. The van der Waals surface area contributed by atoms with Gasteiger partial charge in [-0.1, -0.05) is 0 Å². The van der Waals surface area contributed by atoms with Crippen molar-refractivity contribution in [3.63, 3.8) is 0 Å². The van der Waals surface area contributed by atoms with Gasteiger partial charge in [-0.25, -0.2) is 4.79 Å². The van der Waals surface area contributed by atoms with Gasteiger partial charge in [0.1, 0.15) is 5.69 Å². The number of aromatic amines is 1. The maximum atomic E-state index is 11.2. The molecule has 4 saturated carbocycles. The number of carbonyl (C=O) groups is 1. The lowest BCUT2D eigenvalue weighted by molar-refractivity contribution is -0.00729. The van der Waals surface area contributed by atoms with Crippen molar-refractivity contribution in [1.29, 1.82) is 0 Å². The Labute approximate surface area is 113 Å². The number of nitrogens with one attached hydrogen (secondary N) is 1. The van der Waals surface area contributed by atoms with Crippen LogP contribution in [0.15, 0.2) is 6.07 Å². The fourth-order valence-electron chi connectivity index (χ4n) is 5.64. The molecule has 1 aromatic heterocycles. The first-order valence-corrected chi connectivity index (χ1v) is 7.49. The Hall–Kier alpha value is -1.25. The minimum Gasteiger partial charge on any atom is -0.477 e. The van der Waals surface area contributed by atoms with E-state index in [-0.39, 0.29) is 5.41 Å². The SMILES string of the molecule is Cc1cc(C(=O)O)[nH]c1C12CC3CC(CC(C3)C1)C2. The van der Waals surface area contributed by atoms with Crippen LogP contribution < -0.4 is 0 Å². The second-order valence-electron chi connectivity index (χ2n) is 7.24. The molecule has 0 saturated heterocycles. The average molecular weight is 259 g/mol. The van der Waals surface area contributed by atoms with E-state index in [1.54, 1.807) is 0 Å². The third-order valence-electron chi connectivity index (χ3n) is 5.81. The monoisotopic (exact) mass is 259 g/mol. The number of carboxylic acid groups (broad SMARTS) is 1. The largest absolute Gasteiger partial charge is 0.477 e. The molecule has 3 nitrogen and oxygen atoms in total. The van der Waals surface area contributed by atoms with Gasteiger partial charge in [-0.15, -0.1) is 0 Å². The summed E-state index contributed by atoms with van der Waals surface area (Å²) in [4.78, 5) is 14.4. The predicted octanol–water partition coefficient (Wildman–Crippen LogP) is 3.49. The van der Waals surface area contributed by atoms with Gasteiger partial charge >= 0.3 is 5.97 Å². The number of rotatable bonds is 2. The second-order valence-corrected chi connectivity index (χ2v) is 7.24. The summed E-state index contributed by atoms with van der Waals surface area (Å²) < 4.78 is 0. The average Bonchev–Trinajstić information content (AvgIpc) is 2.70. The van der Waals surface area contributed by atoms with Gasteiger partial charge in [0.25, 0.3) is 0 Å². The van der Waals surface area contributed by atoms with Crippen molar-refractivity contribution >= 4 is 5.97 Å². The van der Waals surface area contributed by atoms with Crippen molar-refractivity contribution in [1.82, 2.24) is 4.98 Å². The summed E-state index contributed by atoms with van der Waals surface area (Å²) in [6, 6.07) is 1.82. The van der Waals surface area contributed by atoms with E-state index in [9.17, 15) is 9.90 Å². The van der Waals surface area contributed by atoms with E-state index in [0.29, 0.717) is 5.69 Å². The van der Waals surface area contributed by atoms with Crippen LogP contribution in [0.25, 0.3) is 0 Å². The number of aromatic nitrogens is 1. The van der Waals surface area contributed by atoms with E-state index in [2.05, 4.69) is 11.9 Å². The zero-order chi connectivity index (χ0) is 13.2. The molecular formula is C16H21NO2. The highest BCUT2D eigenvalue weighted by Gasteiger charge is 2.52. The summed E-state index contributed by atoms with van der Waals surface area (Å²) >= 11 is 0. The van der Waals surface area contributed by atoms with Gasteiger partial charge in [0.2, 0.25) is 0 Å². The molecule has 4 aliphatic rings. The fourth-order valence-corrected chi connectivity index (χ4v) is 5.64. The van der Waals surface area contributed by atoms with Gasteiger partial charge in [-0.05, 0) is 74.8 Å². The Kier molecular flexibility index (Phi) is 2.22. The summed E-state index contributed by atoms with van der Waals surface area (Å²) in [5.74, 6) is 1.84. The normalized spacial score (nSPS) is 39.7. The van der Waals surface area contributed by atoms with Crippen molar-refractivity contribution in [2.75, 3.05) is 0 Å². The van der Waals surface area contributed by atoms with Gasteiger partial charge in [0.15, 0.2) is 0 Å². The molecule has 1 aromatic rings. The van der Waals surface area contributed by atoms with Gasteiger partial charge in [-0.3, -0.25) is 0 Å². The highest BCUT2D eigenvalue weighted by molar-refractivity contribution is 5.86. The van der Waals surface area contributed by atoms with Gasteiger partial charge in [-0.2, -0.15) is 0 Å². The lowest BCUT2D eigenvalue weighted by Gasteiger charge is -2.56. The quantitative estimate of drug-likeness (QED) is 0.854. The molecule has 3 heteroatoms. The Bertz CT molecular complexity index is 508. The van der Waals surface area contributed by atoms with Gasteiger partial charge in [0, 0.05) is 11.1 Å².